The summed E-state index contributed by atoms with van der Waals surface area (Å²) in [5.74, 6) is 2.00. The molecule has 2 heterocycles. The molecule has 1 aromatic carbocycles. The van der Waals surface area contributed by atoms with Crippen LogP contribution in [0.2, 0.25) is 0 Å². The number of benzene rings is 1. The van der Waals surface area contributed by atoms with Gasteiger partial charge in [-0.05, 0) is 55.0 Å². The van der Waals surface area contributed by atoms with Crippen LogP contribution in [0.15, 0.2) is 48.8 Å². The molecule has 0 fully saturated rings. The number of nitrogens with zero attached hydrogens (tertiary/aromatic N) is 4. The van der Waals surface area contributed by atoms with Gasteiger partial charge in [0.05, 0.1) is 0 Å². The Morgan fingerprint density at radius 2 is 1.79 bits per heavy atom. The molecule has 0 saturated carbocycles. The standard InChI is InChI=1S/C23H29N5/c1-16(2)20-8-6-7-17(3)22(20)26-21-15-18(4)25-23(27-21)28(5)14-11-19-9-12-24-13-10-19/h6-10,12-13,15-16H,11,14H2,1-5H3,(H,25,26,27). The smallest absolute Gasteiger partial charge is 0.227 e. The van der Waals surface area contributed by atoms with E-state index >= 15 is 0 Å². The molecule has 0 atom stereocenters. The minimum absolute atomic E-state index is 0.438. The van der Waals surface area contributed by atoms with Crippen molar-refractivity contribution in [1.29, 1.82) is 0 Å². The Kier molecular flexibility index (Phi) is 6.24. The zero-order valence-corrected chi connectivity index (χ0v) is 17.4. The van der Waals surface area contributed by atoms with Gasteiger partial charge < -0.3 is 10.2 Å². The monoisotopic (exact) mass is 375 g/mol. The lowest BCUT2D eigenvalue weighted by Crippen LogP contribution is -2.23. The second kappa shape index (κ2) is 8.83. The van der Waals surface area contributed by atoms with Gasteiger partial charge in [-0.3, -0.25) is 4.98 Å². The molecule has 0 bridgehead atoms. The Morgan fingerprint density at radius 3 is 2.50 bits per heavy atom. The fourth-order valence-corrected chi connectivity index (χ4v) is 3.20. The molecule has 0 spiro atoms. The lowest BCUT2D eigenvalue weighted by Gasteiger charge is -2.20. The highest BCUT2D eigenvalue weighted by atomic mass is 15.2. The summed E-state index contributed by atoms with van der Waals surface area (Å²) in [5, 5.41) is 3.55. The second-order valence-electron chi connectivity index (χ2n) is 7.54. The number of aromatic nitrogens is 3. The zero-order chi connectivity index (χ0) is 20.1. The molecule has 28 heavy (non-hydrogen) atoms. The summed E-state index contributed by atoms with van der Waals surface area (Å²) >= 11 is 0. The van der Waals surface area contributed by atoms with Crippen molar-refractivity contribution in [3.63, 3.8) is 0 Å². The third kappa shape index (κ3) is 4.85. The van der Waals surface area contributed by atoms with E-state index in [1.54, 1.807) is 0 Å². The average molecular weight is 376 g/mol. The van der Waals surface area contributed by atoms with Crippen LogP contribution in [0.25, 0.3) is 0 Å². The molecule has 1 N–H and O–H groups in total. The summed E-state index contributed by atoms with van der Waals surface area (Å²) in [4.78, 5) is 15.6. The maximum Gasteiger partial charge on any atom is 0.227 e. The van der Waals surface area contributed by atoms with Gasteiger partial charge in [0.1, 0.15) is 5.82 Å². The number of likely N-dealkylation sites (N-methyl/N-ethyl adjacent to an activating group) is 1. The second-order valence-corrected chi connectivity index (χ2v) is 7.54. The van der Waals surface area contributed by atoms with Crippen LogP contribution in [0.3, 0.4) is 0 Å². The first-order valence-electron chi connectivity index (χ1n) is 9.76. The van der Waals surface area contributed by atoms with Crippen molar-refractivity contribution in [1.82, 2.24) is 15.0 Å². The molecule has 0 saturated heterocycles. The van der Waals surface area contributed by atoms with Gasteiger partial charge in [0.25, 0.3) is 0 Å². The summed E-state index contributed by atoms with van der Waals surface area (Å²) < 4.78 is 0. The van der Waals surface area contributed by atoms with E-state index in [0.717, 1.165) is 36.1 Å². The molecule has 5 nitrogen and oxygen atoms in total. The normalized spacial score (nSPS) is 10.9. The Morgan fingerprint density at radius 1 is 1.04 bits per heavy atom. The fraction of sp³-hybridized carbons (Fsp3) is 0.348. The van der Waals surface area contributed by atoms with E-state index in [4.69, 9.17) is 4.98 Å². The third-order valence-corrected chi connectivity index (χ3v) is 4.85. The van der Waals surface area contributed by atoms with Crippen LogP contribution in [0.4, 0.5) is 17.5 Å². The fourth-order valence-electron chi connectivity index (χ4n) is 3.20. The van der Waals surface area contributed by atoms with E-state index in [-0.39, 0.29) is 0 Å². The van der Waals surface area contributed by atoms with Crippen LogP contribution in [-0.2, 0) is 6.42 Å². The van der Waals surface area contributed by atoms with E-state index in [1.807, 2.05) is 44.6 Å². The van der Waals surface area contributed by atoms with Crippen LogP contribution >= 0.6 is 0 Å². The van der Waals surface area contributed by atoms with Crippen molar-refractivity contribution in [3.8, 4) is 0 Å². The quantitative estimate of drug-likeness (QED) is 0.627. The molecule has 2 aromatic heterocycles. The van der Waals surface area contributed by atoms with E-state index < -0.39 is 0 Å². The molecule has 5 heteroatoms. The maximum atomic E-state index is 4.77. The number of rotatable bonds is 7. The van der Waals surface area contributed by atoms with E-state index in [9.17, 15) is 0 Å². The third-order valence-electron chi connectivity index (χ3n) is 4.85. The molecule has 3 aromatic rings. The number of anilines is 3. The Hall–Kier alpha value is -2.95. The SMILES string of the molecule is Cc1cc(Nc2c(C)cccc2C(C)C)nc(N(C)CCc2ccncc2)n1. The van der Waals surface area contributed by atoms with Crippen LogP contribution < -0.4 is 10.2 Å². The molecule has 146 valence electrons. The van der Waals surface area contributed by atoms with E-state index in [2.05, 4.69) is 59.2 Å². The van der Waals surface area contributed by atoms with Crippen molar-refractivity contribution in [2.45, 2.75) is 40.0 Å². The molecular weight excluding hydrogens is 346 g/mol. The molecule has 0 aliphatic rings. The number of pyridine rings is 1. The van der Waals surface area contributed by atoms with Crippen LogP contribution in [-0.4, -0.2) is 28.5 Å². The van der Waals surface area contributed by atoms with Gasteiger partial charge in [-0.2, -0.15) is 4.98 Å². The Bertz CT molecular complexity index is 922. The minimum Gasteiger partial charge on any atom is -0.343 e. The van der Waals surface area contributed by atoms with E-state index in [0.29, 0.717) is 5.92 Å². The maximum absolute atomic E-state index is 4.77. The van der Waals surface area contributed by atoms with Crippen LogP contribution in [0, 0.1) is 13.8 Å². The predicted octanol–water partition coefficient (Wildman–Crippen LogP) is 5.03. The number of hydrogen-bond acceptors (Lipinski definition) is 5. The van der Waals surface area contributed by atoms with Gasteiger partial charge in [-0.1, -0.05) is 32.0 Å². The van der Waals surface area contributed by atoms with Crippen LogP contribution in [0.5, 0.6) is 0 Å². The molecule has 0 aliphatic heterocycles. The number of hydrogen-bond donors (Lipinski definition) is 1. The van der Waals surface area contributed by atoms with Crippen molar-refractivity contribution in [3.05, 3.63) is 71.2 Å². The van der Waals surface area contributed by atoms with Crippen molar-refractivity contribution in [2.24, 2.45) is 0 Å². The van der Waals surface area contributed by atoms with E-state index in [1.165, 1.54) is 16.7 Å². The predicted molar refractivity (Wildman–Crippen MR) is 117 cm³/mol. The minimum atomic E-state index is 0.438. The Balaban J connectivity index is 1.80. The largest absolute Gasteiger partial charge is 0.343 e. The summed E-state index contributed by atoms with van der Waals surface area (Å²) in [5.41, 5.74) is 5.86. The average Bonchev–Trinajstić information content (AvgIpc) is 2.68. The summed E-state index contributed by atoms with van der Waals surface area (Å²) in [6.07, 6.45) is 4.58. The number of aryl methyl sites for hydroxylation is 2. The first-order chi connectivity index (χ1) is 13.4. The van der Waals surface area contributed by atoms with Gasteiger partial charge in [-0.25, -0.2) is 4.98 Å². The van der Waals surface area contributed by atoms with Gasteiger partial charge >= 0.3 is 0 Å². The van der Waals surface area contributed by atoms with Gasteiger partial charge in [0, 0.05) is 43.4 Å². The Labute approximate surface area is 167 Å². The van der Waals surface area contributed by atoms with Crippen molar-refractivity contribution < 1.29 is 0 Å². The highest BCUT2D eigenvalue weighted by Crippen LogP contribution is 2.30. The molecule has 0 amide bonds. The number of nitrogens with one attached hydrogen (secondary N) is 1. The number of para-hydroxylation sites is 1. The lowest BCUT2D eigenvalue weighted by atomic mass is 9.98. The van der Waals surface area contributed by atoms with Gasteiger partial charge in [0.15, 0.2) is 0 Å². The lowest BCUT2D eigenvalue weighted by molar-refractivity contribution is 0.832. The molecule has 0 radical (unpaired) electrons. The first kappa shape index (κ1) is 19.8. The van der Waals surface area contributed by atoms with Crippen molar-refractivity contribution >= 4 is 17.5 Å². The molecule has 0 aliphatic carbocycles. The summed E-state index contributed by atoms with van der Waals surface area (Å²) in [7, 11) is 2.03. The summed E-state index contributed by atoms with van der Waals surface area (Å²) in [6, 6.07) is 12.5. The topological polar surface area (TPSA) is 53.9 Å². The first-order valence-corrected chi connectivity index (χ1v) is 9.76. The zero-order valence-electron chi connectivity index (χ0n) is 17.4. The summed E-state index contributed by atoms with van der Waals surface area (Å²) in [6.45, 7) is 9.40. The highest BCUT2D eigenvalue weighted by molar-refractivity contribution is 5.66. The van der Waals surface area contributed by atoms with Gasteiger partial charge in [-0.15, -0.1) is 0 Å². The molecule has 0 unspecified atom stereocenters. The molecule has 3 rings (SSSR count). The molecular formula is C23H29N5. The van der Waals surface area contributed by atoms with Gasteiger partial charge in [0.2, 0.25) is 5.95 Å². The van der Waals surface area contributed by atoms with Crippen molar-refractivity contribution in [2.75, 3.05) is 23.8 Å². The van der Waals surface area contributed by atoms with Crippen LogP contribution in [0.1, 0.15) is 42.1 Å². The highest BCUT2D eigenvalue weighted by Gasteiger charge is 2.12.